The van der Waals surface area contributed by atoms with Gasteiger partial charge in [-0.05, 0) is 50.3 Å². The van der Waals surface area contributed by atoms with Crippen LogP contribution in [0.5, 0.6) is 0 Å². The van der Waals surface area contributed by atoms with Gasteiger partial charge in [-0.2, -0.15) is 13.2 Å². The summed E-state index contributed by atoms with van der Waals surface area (Å²) in [5, 5.41) is 5.00. The third-order valence-electron chi connectivity index (χ3n) is 5.05. The summed E-state index contributed by atoms with van der Waals surface area (Å²) in [5.74, 6) is 0. The van der Waals surface area contributed by atoms with E-state index in [2.05, 4.69) is 16.7 Å². The molecule has 1 heterocycles. The molecule has 0 spiro atoms. The van der Waals surface area contributed by atoms with Crippen molar-refractivity contribution in [3.05, 3.63) is 35.4 Å². The van der Waals surface area contributed by atoms with Crippen LogP contribution in [0.15, 0.2) is 29.8 Å². The van der Waals surface area contributed by atoms with Crippen LogP contribution in [-0.4, -0.2) is 38.9 Å². The Bertz CT molecular complexity index is 713. The Balaban J connectivity index is 1.62. The Labute approximate surface area is 162 Å². The van der Waals surface area contributed by atoms with Gasteiger partial charge >= 0.3 is 12.2 Å². The number of hydrogen-bond donors (Lipinski definition) is 2. The highest BCUT2D eigenvalue weighted by Crippen LogP contribution is 2.37. The van der Waals surface area contributed by atoms with E-state index in [1.54, 1.807) is 6.07 Å². The van der Waals surface area contributed by atoms with E-state index in [1.165, 1.54) is 18.1 Å². The van der Waals surface area contributed by atoms with Gasteiger partial charge in [0, 0.05) is 25.3 Å². The number of urea groups is 1. The molecule has 1 aromatic carbocycles. The lowest BCUT2D eigenvalue weighted by Gasteiger charge is -2.29. The predicted molar refractivity (Wildman–Crippen MR) is 103 cm³/mol. The third kappa shape index (κ3) is 5.64. The lowest BCUT2D eigenvalue weighted by atomic mass is 9.97. The maximum Gasteiger partial charge on any atom is 0.418 e. The SMILES string of the molecule is O=C(NCCC1=CCCCC1)Nc1ccc(N2CCOCC2)cc1C(F)(F)F. The van der Waals surface area contributed by atoms with Crippen LogP contribution in [0.2, 0.25) is 0 Å². The zero-order chi connectivity index (χ0) is 20.0. The average Bonchev–Trinajstić information content (AvgIpc) is 2.69. The van der Waals surface area contributed by atoms with Crippen LogP contribution in [-0.2, 0) is 10.9 Å². The van der Waals surface area contributed by atoms with Gasteiger partial charge in [0.15, 0.2) is 0 Å². The molecule has 8 heteroatoms. The summed E-state index contributed by atoms with van der Waals surface area (Å²) in [6.07, 6.45) is 2.81. The number of allylic oxidation sites excluding steroid dienone is 1. The van der Waals surface area contributed by atoms with Crippen molar-refractivity contribution in [1.29, 1.82) is 0 Å². The van der Waals surface area contributed by atoms with Gasteiger partial charge in [-0.3, -0.25) is 0 Å². The molecule has 1 saturated heterocycles. The first-order valence-corrected chi connectivity index (χ1v) is 9.70. The zero-order valence-corrected chi connectivity index (χ0v) is 15.8. The summed E-state index contributed by atoms with van der Waals surface area (Å²) in [4.78, 5) is 13.9. The number of carbonyl (C=O) groups excluding carboxylic acids is 1. The molecular formula is C20H26F3N3O2. The van der Waals surface area contributed by atoms with Crippen LogP contribution in [0.4, 0.5) is 29.3 Å². The van der Waals surface area contributed by atoms with Crippen molar-refractivity contribution < 1.29 is 22.7 Å². The largest absolute Gasteiger partial charge is 0.418 e. The molecule has 2 aliphatic rings. The van der Waals surface area contributed by atoms with E-state index in [1.807, 2.05) is 4.90 Å². The molecule has 0 atom stereocenters. The molecule has 3 rings (SSSR count). The minimum atomic E-state index is -4.56. The van der Waals surface area contributed by atoms with Crippen molar-refractivity contribution in [2.75, 3.05) is 43.1 Å². The smallest absolute Gasteiger partial charge is 0.378 e. The van der Waals surface area contributed by atoms with Crippen LogP contribution in [0.3, 0.4) is 0 Å². The summed E-state index contributed by atoms with van der Waals surface area (Å²) in [6, 6.07) is 3.38. The normalized spacial score (nSPS) is 17.8. The van der Waals surface area contributed by atoms with Crippen molar-refractivity contribution in [3.63, 3.8) is 0 Å². The number of carbonyl (C=O) groups is 1. The Morgan fingerprint density at radius 1 is 1.18 bits per heavy atom. The van der Waals surface area contributed by atoms with Crippen molar-refractivity contribution in [3.8, 4) is 0 Å². The molecule has 2 amide bonds. The number of anilines is 2. The van der Waals surface area contributed by atoms with Gasteiger partial charge in [0.05, 0.1) is 24.5 Å². The molecule has 2 N–H and O–H groups in total. The molecule has 0 radical (unpaired) electrons. The number of halogens is 3. The fourth-order valence-electron chi connectivity index (χ4n) is 3.53. The van der Waals surface area contributed by atoms with Crippen molar-refractivity contribution in [1.82, 2.24) is 5.32 Å². The Hall–Kier alpha value is -2.22. The first kappa shape index (κ1) is 20.5. The molecule has 1 aliphatic heterocycles. The number of morpholine rings is 1. The maximum absolute atomic E-state index is 13.5. The Kier molecular flexibility index (Phi) is 6.83. The summed E-state index contributed by atoms with van der Waals surface area (Å²) < 4.78 is 45.8. The number of ether oxygens (including phenoxy) is 1. The summed E-state index contributed by atoms with van der Waals surface area (Å²) in [7, 11) is 0. The van der Waals surface area contributed by atoms with E-state index in [0.717, 1.165) is 31.7 Å². The van der Waals surface area contributed by atoms with E-state index in [-0.39, 0.29) is 5.69 Å². The quantitative estimate of drug-likeness (QED) is 0.717. The molecule has 5 nitrogen and oxygen atoms in total. The van der Waals surface area contributed by atoms with E-state index in [0.29, 0.717) is 38.5 Å². The second-order valence-electron chi connectivity index (χ2n) is 7.07. The summed E-state index contributed by atoms with van der Waals surface area (Å²) in [5.41, 5.74) is 0.698. The highest BCUT2D eigenvalue weighted by atomic mass is 19.4. The van der Waals surface area contributed by atoms with E-state index < -0.39 is 17.8 Å². The summed E-state index contributed by atoms with van der Waals surface area (Å²) >= 11 is 0. The molecule has 0 bridgehead atoms. The van der Waals surface area contributed by atoms with Gasteiger partial charge in [-0.1, -0.05) is 11.6 Å². The maximum atomic E-state index is 13.5. The molecule has 1 aromatic rings. The van der Waals surface area contributed by atoms with E-state index >= 15 is 0 Å². The van der Waals surface area contributed by atoms with E-state index in [9.17, 15) is 18.0 Å². The highest BCUT2D eigenvalue weighted by Gasteiger charge is 2.34. The number of hydrogen-bond acceptors (Lipinski definition) is 3. The van der Waals surface area contributed by atoms with Gasteiger partial charge < -0.3 is 20.3 Å². The van der Waals surface area contributed by atoms with Gasteiger partial charge in [0.25, 0.3) is 0 Å². The molecule has 1 fully saturated rings. The van der Waals surface area contributed by atoms with Gasteiger partial charge in [-0.15, -0.1) is 0 Å². The van der Waals surface area contributed by atoms with Gasteiger partial charge in [-0.25, -0.2) is 4.79 Å². The van der Waals surface area contributed by atoms with Crippen molar-refractivity contribution in [2.24, 2.45) is 0 Å². The lowest BCUT2D eigenvalue weighted by Crippen LogP contribution is -2.36. The molecule has 1 aliphatic carbocycles. The number of nitrogens with zero attached hydrogens (tertiary/aromatic N) is 1. The highest BCUT2D eigenvalue weighted by molar-refractivity contribution is 5.90. The Morgan fingerprint density at radius 3 is 2.64 bits per heavy atom. The number of alkyl halides is 3. The van der Waals surface area contributed by atoms with Crippen LogP contribution in [0.1, 0.15) is 37.7 Å². The molecule has 0 aromatic heterocycles. The second kappa shape index (κ2) is 9.32. The minimum absolute atomic E-state index is 0.237. The van der Waals surface area contributed by atoms with Crippen molar-refractivity contribution >= 4 is 17.4 Å². The summed E-state index contributed by atoms with van der Waals surface area (Å²) in [6.45, 7) is 2.46. The number of amides is 2. The van der Waals surface area contributed by atoms with Crippen molar-refractivity contribution in [2.45, 2.75) is 38.3 Å². The molecule has 28 heavy (non-hydrogen) atoms. The van der Waals surface area contributed by atoms with Crippen LogP contribution in [0, 0.1) is 0 Å². The van der Waals surface area contributed by atoms with Crippen LogP contribution < -0.4 is 15.5 Å². The first-order chi connectivity index (χ1) is 13.4. The van der Waals surface area contributed by atoms with Gasteiger partial charge in [0.2, 0.25) is 0 Å². The molecule has 0 unspecified atom stereocenters. The van der Waals surface area contributed by atoms with Crippen LogP contribution in [0.25, 0.3) is 0 Å². The number of nitrogens with one attached hydrogen (secondary N) is 2. The monoisotopic (exact) mass is 397 g/mol. The number of rotatable bonds is 5. The lowest BCUT2D eigenvalue weighted by molar-refractivity contribution is -0.136. The minimum Gasteiger partial charge on any atom is -0.378 e. The Morgan fingerprint density at radius 2 is 1.96 bits per heavy atom. The average molecular weight is 397 g/mol. The first-order valence-electron chi connectivity index (χ1n) is 9.70. The standard InChI is InChI=1S/C20H26F3N3O2/c21-20(22,23)17-14-16(26-10-12-28-13-11-26)6-7-18(17)25-19(27)24-9-8-15-4-2-1-3-5-15/h4,6-7,14H,1-3,5,8-13H2,(H2,24,25,27). The fourth-order valence-corrected chi connectivity index (χ4v) is 3.53. The molecular weight excluding hydrogens is 371 g/mol. The zero-order valence-electron chi connectivity index (χ0n) is 15.8. The third-order valence-corrected chi connectivity index (χ3v) is 5.05. The molecule has 0 saturated carbocycles. The fraction of sp³-hybridized carbons (Fsp3) is 0.550. The van der Waals surface area contributed by atoms with Gasteiger partial charge in [0.1, 0.15) is 0 Å². The number of benzene rings is 1. The topological polar surface area (TPSA) is 53.6 Å². The molecule has 154 valence electrons. The second-order valence-corrected chi connectivity index (χ2v) is 7.07. The van der Waals surface area contributed by atoms with E-state index in [4.69, 9.17) is 4.74 Å². The predicted octanol–water partition coefficient (Wildman–Crippen LogP) is 4.55. The van der Waals surface area contributed by atoms with Crippen LogP contribution >= 0.6 is 0 Å².